The normalized spacial score (nSPS) is 23.2. The molecule has 66 valence electrons. The first-order valence-corrected chi connectivity index (χ1v) is 4.83. The Hall–Kier alpha value is -0.780. The third-order valence-corrected chi connectivity index (χ3v) is 2.22. The minimum atomic E-state index is 0.747. The molecule has 0 heteroatoms. The first kappa shape index (κ1) is 9.31. The summed E-state index contributed by atoms with van der Waals surface area (Å²) >= 11 is 0. The molecule has 0 bridgehead atoms. The summed E-state index contributed by atoms with van der Waals surface area (Å²) in [5, 5.41) is 0. The van der Waals surface area contributed by atoms with Crippen molar-refractivity contribution in [3.63, 3.8) is 0 Å². The molecule has 0 amide bonds. The molecule has 0 aromatic rings. The summed E-state index contributed by atoms with van der Waals surface area (Å²) in [4.78, 5) is 0. The van der Waals surface area contributed by atoms with Crippen LogP contribution >= 0.6 is 0 Å². The molecule has 0 spiro atoms. The summed E-state index contributed by atoms with van der Waals surface area (Å²) in [7, 11) is 0. The molecule has 0 saturated heterocycles. The number of hydrogen-bond donors (Lipinski definition) is 0. The molecule has 0 N–H and O–H groups in total. The second-order valence-corrected chi connectivity index (χ2v) is 3.42. The highest BCUT2D eigenvalue weighted by molar-refractivity contribution is 5.21. The Bertz CT molecular complexity index is 206. The molecule has 0 aromatic heterocycles. The molecule has 0 fully saturated rings. The van der Waals surface area contributed by atoms with Gasteiger partial charge in [0.15, 0.2) is 0 Å². The van der Waals surface area contributed by atoms with E-state index in [1.165, 1.54) is 18.4 Å². The van der Waals surface area contributed by atoms with Crippen molar-refractivity contribution in [1.82, 2.24) is 0 Å². The van der Waals surface area contributed by atoms with Crippen molar-refractivity contribution >= 4 is 0 Å². The highest BCUT2D eigenvalue weighted by atomic mass is 14.1. The highest BCUT2D eigenvalue weighted by Gasteiger charge is 2.03. The summed E-state index contributed by atoms with van der Waals surface area (Å²) in [6.45, 7) is 4.34. The quantitative estimate of drug-likeness (QED) is 0.553. The summed E-state index contributed by atoms with van der Waals surface area (Å²) in [6.07, 6.45) is 15.0. The molecule has 1 aliphatic rings. The highest BCUT2D eigenvalue weighted by Crippen LogP contribution is 2.19. The van der Waals surface area contributed by atoms with Crippen molar-refractivity contribution in [2.45, 2.75) is 33.1 Å². The van der Waals surface area contributed by atoms with Crippen LogP contribution in [0.5, 0.6) is 0 Å². The monoisotopic (exact) mass is 162 g/mol. The van der Waals surface area contributed by atoms with Gasteiger partial charge in [0, 0.05) is 0 Å². The summed E-state index contributed by atoms with van der Waals surface area (Å²) in [5.74, 6) is 0.747. The van der Waals surface area contributed by atoms with Gasteiger partial charge in [0.2, 0.25) is 0 Å². The van der Waals surface area contributed by atoms with Gasteiger partial charge in [-0.25, -0.2) is 0 Å². The zero-order valence-electron chi connectivity index (χ0n) is 8.09. The van der Waals surface area contributed by atoms with E-state index in [1.54, 1.807) is 0 Å². The Morgan fingerprint density at radius 2 is 2.33 bits per heavy atom. The Labute approximate surface area is 75.7 Å². The van der Waals surface area contributed by atoms with Gasteiger partial charge in [0.05, 0.1) is 0 Å². The molecule has 0 saturated carbocycles. The fourth-order valence-electron chi connectivity index (χ4n) is 1.38. The van der Waals surface area contributed by atoms with E-state index in [4.69, 9.17) is 0 Å². The SMILES string of the molecule is CCC=CCC1C=CC(C)=CC1. The standard InChI is InChI=1S/C12H18/c1-3-4-5-6-12-9-7-11(2)8-10-12/h4-5,7-9,12H,3,6,10H2,1-2H3. The van der Waals surface area contributed by atoms with E-state index in [2.05, 4.69) is 44.2 Å². The lowest BCUT2D eigenvalue weighted by molar-refractivity contribution is 0.664. The Kier molecular flexibility index (Phi) is 3.86. The Morgan fingerprint density at radius 1 is 1.50 bits per heavy atom. The largest absolute Gasteiger partial charge is 0.0888 e. The van der Waals surface area contributed by atoms with E-state index >= 15 is 0 Å². The van der Waals surface area contributed by atoms with Crippen LogP contribution in [-0.2, 0) is 0 Å². The van der Waals surface area contributed by atoms with Crippen LogP contribution in [0.15, 0.2) is 36.0 Å². The molecule has 1 rings (SSSR count). The first-order chi connectivity index (χ1) is 5.83. The molecule has 1 unspecified atom stereocenters. The van der Waals surface area contributed by atoms with Gasteiger partial charge in [-0.2, -0.15) is 0 Å². The topological polar surface area (TPSA) is 0 Å². The van der Waals surface area contributed by atoms with Crippen molar-refractivity contribution in [3.05, 3.63) is 36.0 Å². The number of allylic oxidation sites excluding steroid dienone is 6. The van der Waals surface area contributed by atoms with Crippen LogP contribution < -0.4 is 0 Å². The predicted molar refractivity (Wildman–Crippen MR) is 55.1 cm³/mol. The lowest BCUT2D eigenvalue weighted by Gasteiger charge is -2.11. The average Bonchev–Trinajstić information content (AvgIpc) is 2.09. The summed E-state index contributed by atoms with van der Waals surface area (Å²) in [6, 6.07) is 0. The third-order valence-electron chi connectivity index (χ3n) is 2.22. The third kappa shape index (κ3) is 3.08. The van der Waals surface area contributed by atoms with Crippen LogP contribution in [0.3, 0.4) is 0 Å². The molecule has 1 atom stereocenters. The number of hydrogen-bond acceptors (Lipinski definition) is 0. The lowest BCUT2D eigenvalue weighted by Crippen LogP contribution is -1.96. The predicted octanol–water partition coefficient (Wildman–Crippen LogP) is 3.87. The molecule has 0 heterocycles. The summed E-state index contributed by atoms with van der Waals surface area (Å²) < 4.78 is 0. The van der Waals surface area contributed by atoms with E-state index in [9.17, 15) is 0 Å². The van der Waals surface area contributed by atoms with Crippen LogP contribution in [0.25, 0.3) is 0 Å². The van der Waals surface area contributed by atoms with Gasteiger partial charge in [-0.1, -0.05) is 42.9 Å². The lowest BCUT2D eigenvalue weighted by atomic mass is 9.94. The van der Waals surface area contributed by atoms with Gasteiger partial charge in [-0.3, -0.25) is 0 Å². The van der Waals surface area contributed by atoms with Crippen LogP contribution in [0, 0.1) is 5.92 Å². The smallest absolute Gasteiger partial charge is 0.0161 e. The van der Waals surface area contributed by atoms with E-state index in [-0.39, 0.29) is 0 Å². The van der Waals surface area contributed by atoms with Crippen LogP contribution in [0.4, 0.5) is 0 Å². The maximum absolute atomic E-state index is 2.33. The molecule has 0 aliphatic heterocycles. The second-order valence-electron chi connectivity index (χ2n) is 3.42. The van der Waals surface area contributed by atoms with Crippen molar-refractivity contribution in [3.8, 4) is 0 Å². The van der Waals surface area contributed by atoms with Gasteiger partial charge in [-0.15, -0.1) is 0 Å². The fourth-order valence-corrected chi connectivity index (χ4v) is 1.38. The zero-order valence-corrected chi connectivity index (χ0v) is 8.09. The molecular weight excluding hydrogens is 144 g/mol. The van der Waals surface area contributed by atoms with Gasteiger partial charge in [0.1, 0.15) is 0 Å². The van der Waals surface area contributed by atoms with E-state index in [0.29, 0.717) is 0 Å². The first-order valence-electron chi connectivity index (χ1n) is 4.83. The van der Waals surface area contributed by atoms with E-state index in [1.807, 2.05) is 0 Å². The Balaban J connectivity index is 2.29. The second kappa shape index (κ2) is 4.97. The maximum Gasteiger partial charge on any atom is -0.0161 e. The van der Waals surface area contributed by atoms with E-state index < -0.39 is 0 Å². The number of rotatable bonds is 3. The van der Waals surface area contributed by atoms with Gasteiger partial charge < -0.3 is 0 Å². The van der Waals surface area contributed by atoms with Crippen molar-refractivity contribution in [2.75, 3.05) is 0 Å². The van der Waals surface area contributed by atoms with Gasteiger partial charge >= 0.3 is 0 Å². The molecule has 0 nitrogen and oxygen atoms in total. The molecular formula is C12H18. The average molecular weight is 162 g/mol. The minimum absolute atomic E-state index is 0.747. The molecule has 0 radical (unpaired) electrons. The van der Waals surface area contributed by atoms with Crippen molar-refractivity contribution < 1.29 is 0 Å². The molecule has 0 aromatic carbocycles. The van der Waals surface area contributed by atoms with E-state index in [0.717, 1.165) is 12.3 Å². The zero-order chi connectivity index (χ0) is 8.81. The maximum atomic E-state index is 2.33. The van der Waals surface area contributed by atoms with Crippen LogP contribution in [0.1, 0.15) is 33.1 Å². The van der Waals surface area contributed by atoms with Crippen LogP contribution in [0.2, 0.25) is 0 Å². The molecule has 1 aliphatic carbocycles. The minimum Gasteiger partial charge on any atom is -0.0888 e. The van der Waals surface area contributed by atoms with Crippen molar-refractivity contribution in [1.29, 1.82) is 0 Å². The van der Waals surface area contributed by atoms with Crippen LogP contribution in [-0.4, -0.2) is 0 Å². The Morgan fingerprint density at radius 3 is 2.92 bits per heavy atom. The molecule has 12 heavy (non-hydrogen) atoms. The van der Waals surface area contributed by atoms with Gasteiger partial charge in [0.25, 0.3) is 0 Å². The van der Waals surface area contributed by atoms with Crippen molar-refractivity contribution in [2.24, 2.45) is 5.92 Å². The fraction of sp³-hybridized carbons (Fsp3) is 0.500. The van der Waals surface area contributed by atoms with Gasteiger partial charge in [-0.05, 0) is 32.1 Å². The summed E-state index contributed by atoms with van der Waals surface area (Å²) in [5.41, 5.74) is 1.41.